The molecule has 1 N–H and O–H groups in total. The van der Waals surface area contributed by atoms with Crippen LogP contribution in [0.2, 0.25) is 0 Å². The predicted molar refractivity (Wildman–Crippen MR) is 193 cm³/mol. The Labute approximate surface area is 273 Å². The molecule has 6 aromatic rings. The molecule has 0 aliphatic carbocycles. The second kappa shape index (κ2) is 11.3. The van der Waals surface area contributed by atoms with Gasteiger partial charge in [0.2, 0.25) is 0 Å². The quantitative estimate of drug-likeness (QED) is 0.217. The summed E-state index contributed by atoms with van der Waals surface area (Å²) >= 11 is 0. The number of hydrogen-bond donors (Lipinski definition) is 1. The molecule has 0 amide bonds. The normalized spacial score (nSPS) is 12.5. The van der Waals surface area contributed by atoms with Crippen LogP contribution in [0.1, 0.15) is 79.0 Å². The van der Waals surface area contributed by atoms with Gasteiger partial charge in [0, 0.05) is 23.0 Å². The lowest BCUT2D eigenvalue weighted by Crippen LogP contribution is -2.17. The van der Waals surface area contributed by atoms with Crippen molar-refractivity contribution in [3.8, 4) is 45.2 Å². The monoisotopic (exact) mass is 607 g/mol. The van der Waals surface area contributed by atoms with Crippen LogP contribution in [0.5, 0.6) is 5.75 Å². The summed E-state index contributed by atoms with van der Waals surface area (Å²) in [4.78, 5) is 10.1. The van der Waals surface area contributed by atoms with Crippen molar-refractivity contribution in [3.05, 3.63) is 120 Å². The third-order valence-electron chi connectivity index (χ3n) is 8.83. The van der Waals surface area contributed by atoms with E-state index in [-0.39, 0.29) is 22.0 Å². The number of pyridine rings is 1. The van der Waals surface area contributed by atoms with Gasteiger partial charge in [-0.25, -0.2) is 4.98 Å². The SMILES string of the molecule is CC(C)(C)c1cc(-n2c(-c3ccccc3O)nc3c(-c4cccc(-c5cc(C(C)(C)C)ccn5)c4)cccc32)cc(C(C)(C)C)c1. The first-order valence-electron chi connectivity index (χ1n) is 16.1. The zero-order valence-electron chi connectivity index (χ0n) is 28.6. The highest BCUT2D eigenvalue weighted by molar-refractivity contribution is 5.96. The van der Waals surface area contributed by atoms with Gasteiger partial charge in [-0.3, -0.25) is 9.55 Å². The molecule has 4 aromatic carbocycles. The number of rotatable bonds is 4. The predicted octanol–water partition coefficient (Wildman–Crippen LogP) is 11.0. The molecular formula is C42H45N3O. The molecule has 4 heteroatoms. The van der Waals surface area contributed by atoms with Gasteiger partial charge in [-0.05, 0) is 87.0 Å². The fourth-order valence-corrected chi connectivity index (χ4v) is 5.94. The molecule has 4 nitrogen and oxygen atoms in total. The van der Waals surface area contributed by atoms with Gasteiger partial charge >= 0.3 is 0 Å². The van der Waals surface area contributed by atoms with Gasteiger partial charge in [0.1, 0.15) is 11.6 Å². The maximum atomic E-state index is 11.1. The summed E-state index contributed by atoms with van der Waals surface area (Å²) in [6, 6.07) is 33.6. The number of aromatic nitrogens is 3. The second-order valence-corrected chi connectivity index (χ2v) is 15.5. The molecule has 0 saturated carbocycles. The largest absolute Gasteiger partial charge is 0.507 e. The number of phenols is 1. The van der Waals surface area contributed by atoms with Crippen LogP contribution in [-0.2, 0) is 16.2 Å². The maximum absolute atomic E-state index is 11.1. The molecule has 6 rings (SSSR count). The van der Waals surface area contributed by atoms with Crippen molar-refractivity contribution in [2.45, 2.75) is 78.6 Å². The van der Waals surface area contributed by atoms with Gasteiger partial charge in [-0.1, -0.05) is 111 Å². The Bertz CT molecular complexity index is 2030. The first kappa shape index (κ1) is 31.3. The van der Waals surface area contributed by atoms with Crippen molar-refractivity contribution in [2.75, 3.05) is 0 Å². The first-order chi connectivity index (χ1) is 21.6. The van der Waals surface area contributed by atoms with Crippen molar-refractivity contribution in [1.82, 2.24) is 14.5 Å². The molecule has 0 atom stereocenters. The second-order valence-electron chi connectivity index (χ2n) is 15.5. The first-order valence-corrected chi connectivity index (χ1v) is 16.1. The molecule has 46 heavy (non-hydrogen) atoms. The molecule has 0 bridgehead atoms. The van der Waals surface area contributed by atoms with Crippen molar-refractivity contribution in [2.24, 2.45) is 0 Å². The summed E-state index contributed by atoms with van der Waals surface area (Å²) in [6.07, 6.45) is 1.90. The third-order valence-corrected chi connectivity index (χ3v) is 8.83. The molecule has 2 heterocycles. The van der Waals surface area contributed by atoms with E-state index in [0.717, 1.165) is 39.1 Å². The Morgan fingerprint density at radius 2 is 1.17 bits per heavy atom. The molecule has 2 aromatic heterocycles. The van der Waals surface area contributed by atoms with Crippen LogP contribution in [0, 0.1) is 0 Å². The minimum Gasteiger partial charge on any atom is -0.507 e. The maximum Gasteiger partial charge on any atom is 0.149 e. The van der Waals surface area contributed by atoms with Crippen LogP contribution >= 0.6 is 0 Å². The summed E-state index contributed by atoms with van der Waals surface area (Å²) in [5.41, 5.74) is 11.4. The summed E-state index contributed by atoms with van der Waals surface area (Å²) in [5, 5.41) is 11.1. The van der Waals surface area contributed by atoms with E-state index in [1.54, 1.807) is 6.07 Å². The van der Waals surface area contributed by atoms with Gasteiger partial charge in [0.25, 0.3) is 0 Å². The Hall–Kier alpha value is -4.70. The minimum atomic E-state index is -0.0502. The fraction of sp³-hybridized carbons (Fsp3) is 0.286. The number of aromatic hydroxyl groups is 1. The van der Waals surface area contributed by atoms with Crippen molar-refractivity contribution >= 4 is 11.0 Å². The van der Waals surface area contributed by atoms with Crippen molar-refractivity contribution in [1.29, 1.82) is 0 Å². The van der Waals surface area contributed by atoms with Crippen molar-refractivity contribution < 1.29 is 5.11 Å². The smallest absolute Gasteiger partial charge is 0.149 e. The molecule has 234 valence electrons. The number of phenolic OH excluding ortho intramolecular Hbond substituents is 1. The van der Waals surface area contributed by atoms with E-state index in [1.807, 2.05) is 24.4 Å². The molecule has 0 unspecified atom stereocenters. The van der Waals surface area contributed by atoms with E-state index in [0.29, 0.717) is 11.4 Å². The summed E-state index contributed by atoms with van der Waals surface area (Å²) in [6.45, 7) is 20.2. The zero-order valence-corrected chi connectivity index (χ0v) is 28.6. The van der Waals surface area contributed by atoms with Gasteiger partial charge in [-0.15, -0.1) is 0 Å². The van der Waals surface area contributed by atoms with E-state index < -0.39 is 0 Å². The lowest BCUT2D eigenvalue weighted by molar-refractivity contribution is 0.477. The molecule has 0 fully saturated rings. The van der Waals surface area contributed by atoms with Crippen LogP contribution in [0.3, 0.4) is 0 Å². The minimum absolute atomic E-state index is 0.0320. The van der Waals surface area contributed by atoms with E-state index in [1.165, 1.54) is 16.7 Å². The van der Waals surface area contributed by atoms with Gasteiger partial charge in [-0.2, -0.15) is 0 Å². The topological polar surface area (TPSA) is 50.9 Å². The highest BCUT2D eigenvalue weighted by Crippen LogP contribution is 2.40. The highest BCUT2D eigenvalue weighted by atomic mass is 16.3. The van der Waals surface area contributed by atoms with Crippen LogP contribution in [-0.4, -0.2) is 19.6 Å². The molecule has 0 aliphatic heterocycles. The lowest BCUT2D eigenvalue weighted by Gasteiger charge is -2.27. The number of nitrogens with zero attached hydrogens (tertiary/aromatic N) is 3. The molecular weight excluding hydrogens is 562 g/mol. The number of hydrogen-bond acceptors (Lipinski definition) is 3. The Morgan fingerprint density at radius 3 is 1.83 bits per heavy atom. The van der Waals surface area contributed by atoms with Crippen molar-refractivity contribution in [3.63, 3.8) is 0 Å². The number of imidazole rings is 1. The summed E-state index contributed by atoms with van der Waals surface area (Å²) in [5.74, 6) is 0.914. The van der Waals surface area contributed by atoms with Crippen LogP contribution < -0.4 is 0 Å². The molecule has 0 aliphatic rings. The Kier molecular flexibility index (Phi) is 7.67. The molecule has 0 radical (unpaired) electrons. The van der Waals surface area contributed by atoms with E-state index >= 15 is 0 Å². The number of para-hydroxylation sites is 2. The van der Waals surface area contributed by atoms with Crippen LogP contribution in [0.4, 0.5) is 0 Å². The third kappa shape index (κ3) is 5.97. The van der Waals surface area contributed by atoms with Crippen LogP contribution in [0.25, 0.3) is 50.5 Å². The summed E-state index contributed by atoms with van der Waals surface area (Å²) in [7, 11) is 0. The fourth-order valence-electron chi connectivity index (χ4n) is 5.94. The standard InChI is InChI=1S/C42H45N3O/c1-40(2,3)29-20-21-43-35(26-29)28-15-12-14-27(22-28)33-17-13-18-36-38(33)44-39(34-16-10-11-19-37(34)46)45(36)32-24-30(41(4,5)6)23-31(25-32)42(7,8)9/h10-26,46H,1-9H3. The highest BCUT2D eigenvalue weighted by Gasteiger charge is 2.25. The molecule has 0 spiro atoms. The number of benzene rings is 4. The Balaban J connectivity index is 1.62. The summed E-state index contributed by atoms with van der Waals surface area (Å²) < 4.78 is 2.22. The van der Waals surface area contributed by atoms with E-state index in [9.17, 15) is 5.11 Å². The van der Waals surface area contributed by atoms with E-state index in [4.69, 9.17) is 9.97 Å². The van der Waals surface area contributed by atoms with Gasteiger partial charge < -0.3 is 5.11 Å². The average molecular weight is 608 g/mol. The van der Waals surface area contributed by atoms with E-state index in [2.05, 4.69) is 140 Å². The Morgan fingerprint density at radius 1 is 0.565 bits per heavy atom. The van der Waals surface area contributed by atoms with Gasteiger partial charge in [0.05, 0.1) is 22.3 Å². The van der Waals surface area contributed by atoms with Crippen LogP contribution in [0.15, 0.2) is 103 Å². The average Bonchev–Trinajstić information content (AvgIpc) is 3.39. The number of fused-ring (bicyclic) bond motifs is 1. The molecule has 0 saturated heterocycles. The van der Waals surface area contributed by atoms with Gasteiger partial charge in [0.15, 0.2) is 0 Å². The lowest BCUT2D eigenvalue weighted by atomic mass is 9.80. The zero-order chi connectivity index (χ0) is 33.0.